The minimum Gasteiger partial charge on any atom is -0.495 e. The molecule has 4 aromatic carbocycles. The fourth-order valence-electron chi connectivity index (χ4n) is 4.59. The lowest BCUT2D eigenvalue weighted by atomic mass is 10.1. The fourth-order valence-corrected chi connectivity index (χ4v) is 4.59. The van der Waals surface area contributed by atoms with Crippen molar-refractivity contribution in [1.29, 1.82) is 0 Å². The maximum Gasteiger partial charge on any atom is 0.416 e. The molecule has 7 nitrogen and oxygen atoms in total. The van der Waals surface area contributed by atoms with Gasteiger partial charge in [-0.1, -0.05) is 48.5 Å². The van der Waals surface area contributed by atoms with E-state index in [1.807, 2.05) is 0 Å². The van der Waals surface area contributed by atoms with Gasteiger partial charge in [-0.25, -0.2) is 9.36 Å². The number of hydrogen-bond acceptors (Lipinski definition) is 4. The van der Waals surface area contributed by atoms with Crippen LogP contribution in [0.4, 0.5) is 13.2 Å². The minimum absolute atomic E-state index is 0.0730. The van der Waals surface area contributed by atoms with Crippen LogP contribution in [0.1, 0.15) is 27.0 Å². The molecule has 208 valence electrons. The van der Waals surface area contributed by atoms with Crippen molar-refractivity contribution >= 4 is 16.8 Å². The van der Waals surface area contributed by atoms with Gasteiger partial charge in [0.2, 0.25) is 0 Å². The Kier molecular flexibility index (Phi) is 7.47. The van der Waals surface area contributed by atoms with Crippen molar-refractivity contribution < 1.29 is 22.7 Å². The molecule has 0 aliphatic heterocycles. The molecule has 41 heavy (non-hydrogen) atoms. The third-order valence-corrected chi connectivity index (χ3v) is 6.64. The number of alkyl halides is 3. The maximum absolute atomic E-state index is 13.7. The Morgan fingerprint density at radius 2 is 1.56 bits per heavy atom. The van der Waals surface area contributed by atoms with E-state index in [4.69, 9.17) is 4.74 Å². The normalized spacial score (nSPS) is 11.4. The van der Waals surface area contributed by atoms with Crippen LogP contribution >= 0.6 is 0 Å². The zero-order valence-corrected chi connectivity index (χ0v) is 21.8. The fraction of sp³-hybridized carbons (Fsp3) is 0.129. The Morgan fingerprint density at radius 3 is 2.29 bits per heavy atom. The SMILES string of the molecule is COc1ccccc1-n1c(=O)c2ccccc2n(Cc2ccc(C(=O)NCc3cccc(C(F)(F)F)c3)cc2)c1=O. The maximum atomic E-state index is 13.7. The molecule has 0 fully saturated rings. The van der Waals surface area contributed by atoms with E-state index in [-0.39, 0.29) is 13.1 Å². The minimum atomic E-state index is -4.47. The largest absolute Gasteiger partial charge is 0.495 e. The van der Waals surface area contributed by atoms with Crippen LogP contribution in [0.15, 0.2) is 107 Å². The van der Waals surface area contributed by atoms with Gasteiger partial charge in [-0.15, -0.1) is 0 Å². The lowest BCUT2D eigenvalue weighted by molar-refractivity contribution is -0.137. The highest BCUT2D eigenvalue weighted by atomic mass is 19.4. The van der Waals surface area contributed by atoms with Crippen LogP contribution < -0.4 is 21.3 Å². The molecule has 1 aromatic heterocycles. The number of nitrogens with zero attached hydrogens (tertiary/aromatic N) is 2. The van der Waals surface area contributed by atoms with Gasteiger partial charge in [-0.05, 0) is 59.7 Å². The molecule has 0 bridgehead atoms. The van der Waals surface area contributed by atoms with Gasteiger partial charge in [-0.3, -0.25) is 14.2 Å². The number of carbonyl (C=O) groups excluding carboxylic acids is 1. The average Bonchev–Trinajstić information content (AvgIpc) is 2.98. The van der Waals surface area contributed by atoms with E-state index in [1.165, 1.54) is 23.8 Å². The molecular weight excluding hydrogens is 535 g/mol. The van der Waals surface area contributed by atoms with Gasteiger partial charge in [0.15, 0.2) is 0 Å². The third kappa shape index (κ3) is 5.62. The highest BCUT2D eigenvalue weighted by Crippen LogP contribution is 2.29. The molecule has 1 heterocycles. The number of ether oxygens (including phenoxy) is 1. The first-order valence-corrected chi connectivity index (χ1v) is 12.6. The second-order valence-corrected chi connectivity index (χ2v) is 9.28. The molecule has 0 unspecified atom stereocenters. The molecular formula is C31H24F3N3O4. The molecule has 0 spiro atoms. The summed E-state index contributed by atoms with van der Waals surface area (Å²) in [4.78, 5) is 39.7. The van der Waals surface area contributed by atoms with E-state index < -0.39 is 28.9 Å². The van der Waals surface area contributed by atoms with E-state index >= 15 is 0 Å². The van der Waals surface area contributed by atoms with Gasteiger partial charge >= 0.3 is 11.9 Å². The number of nitrogens with one attached hydrogen (secondary N) is 1. The van der Waals surface area contributed by atoms with Crippen LogP contribution in [0.5, 0.6) is 5.75 Å². The summed E-state index contributed by atoms with van der Waals surface area (Å²) < 4.78 is 46.9. The third-order valence-electron chi connectivity index (χ3n) is 6.64. The number of para-hydroxylation sites is 3. The predicted octanol–water partition coefficient (Wildman–Crippen LogP) is 5.16. The summed E-state index contributed by atoms with van der Waals surface area (Å²) in [5.41, 5.74) is 0.276. The Morgan fingerprint density at radius 1 is 0.854 bits per heavy atom. The first-order chi connectivity index (χ1) is 19.7. The summed E-state index contributed by atoms with van der Waals surface area (Å²) in [7, 11) is 1.46. The Hall–Kier alpha value is -5.12. The van der Waals surface area contributed by atoms with Gasteiger partial charge in [-0.2, -0.15) is 13.2 Å². The van der Waals surface area contributed by atoms with Gasteiger partial charge in [0.1, 0.15) is 5.75 Å². The number of benzene rings is 4. The van der Waals surface area contributed by atoms with Gasteiger partial charge in [0, 0.05) is 12.1 Å². The molecule has 5 rings (SSSR count). The van der Waals surface area contributed by atoms with Crippen molar-refractivity contribution in [3.63, 3.8) is 0 Å². The number of aromatic nitrogens is 2. The van der Waals surface area contributed by atoms with Crippen molar-refractivity contribution in [2.75, 3.05) is 7.11 Å². The number of halogens is 3. The standard InChI is InChI=1S/C31H24F3N3O4/c1-41-27-12-5-4-11-26(27)37-29(39)24-9-2-3-10-25(24)36(30(37)40)19-20-13-15-22(16-14-20)28(38)35-18-21-7-6-8-23(17-21)31(32,33)34/h2-17H,18-19H2,1H3,(H,35,38). The molecule has 0 aliphatic carbocycles. The van der Waals surface area contributed by atoms with E-state index in [0.717, 1.165) is 16.7 Å². The van der Waals surface area contributed by atoms with Crippen LogP contribution in [-0.2, 0) is 19.3 Å². The average molecular weight is 560 g/mol. The summed E-state index contributed by atoms with van der Waals surface area (Å²) in [5.74, 6) is -0.0877. The monoisotopic (exact) mass is 559 g/mol. The highest BCUT2D eigenvalue weighted by molar-refractivity contribution is 5.94. The highest BCUT2D eigenvalue weighted by Gasteiger charge is 2.30. The van der Waals surface area contributed by atoms with E-state index in [9.17, 15) is 27.6 Å². The zero-order chi connectivity index (χ0) is 29.1. The van der Waals surface area contributed by atoms with Crippen molar-refractivity contribution in [3.05, 3.63) is 140 Å². The van der Waals surface area contributed by atoms with Crippen LogP contribution in [0, 0.1) is 0 Å². The number of fused-ring (bicyclic) bond motifs is 1. The summed E-state index contributed by atoms with van der Waals surface area (Å²) in [6.07, 6.45) is -4.47. The molecule has 5 aromatic rings. The smallest absolute Gasteiger partial charge is 0.416 e. The van der Waals surface area contributed by atoms with Crippen LogP contribution in [0.2, 0.25) is 0 Å². The van der Waals surface area contributed by atoms with Gasteiger partial charge < -0.3 is 10.1 Å². The van der Waals surface area contributed by atoms with Gasteiger partial charge in [0.25, 0.3) is 11.5 Å². The van der Waals surface area contributed by atoms with Crippen LogP contribution in [0.25, 0.3) is 16.6 Å². The second kappa shape index (κ2) is 11.2. The van der Waals surface area contributed by atoms with Crippen molar-refractivity contribution in [2.45, 2.75) is 19.3 Å². The van der Waals surface area contributed by atoms with Gasteiger partial charge in [0.05, 0.1) is 35.8 Å². The van der Waals surface area contributed by atoms with Crippen molar-refractivity contribution in [1.82, 2.24) is 14.5 Å². The first-order valence-electron chi connectivity index (χ1n) is 12.6. The summed E-state index contributed by atoms with van der Waals surface area (Å²) in [6.45, 7) is 0.0390. The summed E-state index contributed by atoms with van der Waals surface area (Å²) in [6, 6.07) is 24.8. The molecule has 0 radical (unpaired) electrons. The van der Waals surface area contributed by atoms with Crippen molar-refractivity contribution in [3.8, 4) is 11.4 Å². The van der Waals surface area contributed by atoms with Crippen LogP contribution in [0.3, 0.4) is 0 Å². The molecule has 0 saturated carbocycles. The molecule has 0 saturated heterocycles. The number of hydrogen-bond donors (Lipinski definition) is 1. The molecule has 0 atom stereocenters. The number of methoxy groups -OCH3 is 1. The number of amides is 1. The van der Waals surface area contributed by atoms with E-state index in [0.29, 0.717) is 39.0 Å². The number of rotatable bonds is 7. The molecule has 0 aliphatic rings. The molecule has 10 heteroatoms. The Bertz CT molecular complexity index is 1860. The number of carbonyl (C=O) groups is 1. The molecule has 1 amide bonds. The lowest BCUT2D eigenvalue weighted by Gasteiger charge is -2.16. The quantitative estimate of drug-likeness (QED) is 0.299. The summed E-state index contributed by atoms with van der Waals surface area (Å²) >= 11 is 0. The zero-order valence-electron chi connectivity index (χ0n) is 21.8. The van der Waals surface area contributed by atoms with Crippen LogP contribution in [-0.4, -0.2) is 22.2 Å². The molecule has 1 N–H and O–H groups in total. The van der Waals surface area contributed by atoms with E-state index in [1.54, 1.807) is 72.8 Å². The topological polar surface area (TPSA) is 82.3 Å². The van der Waals surface area contributed by atoms with Crippen molar-refractivity contribution in [2.24, 2.45) is 0 Å². The first kappa shape index (κ1) is 27.4. The Balaban J connectivity index is 1.42. The summed E-state index contributed by atoms with van der Waals surface area (Å²) in [5, 5.41) is 2.98. The Labute approximate surface area is 232 Å². The lowest BCUT2D eigenvalue weighted by Crippen LogP contribution is -2.39. The van der Waals surface area contributed by atoms with E-state index in [2.05, 4.69) is 5.32 Å². The second-order valence-electron chi connectivity index (χ2n) is 9.28. The predicted molar refractivity (Wildman–Crippen MR) is 149 cm³/mol.